The van der Waals surface area contributed by atoms with Crippen molar-refractivity contribution in [3.05, 3.63) is 27.8 Å². The molecule has 0 aliphatic heterocycles. The van der Waals surface area contributed by atoms with Gasteiger partial charge in [0, 0.05) is 34.2 Å². The van der Waals surface area contributed by atoms with Gasteiger partial charge in [0.15, 0.2) is 0 Å². The average Bonchev–Trinajstić information content (AvgIpc) is 2.64. The molecule has 0 bridgehead atoms. The summed E-state index contributed by atoms with van der Waals surface area (Å²) in [7, 11) is 1.50. The average molecular weight is 336 g/mol. The van der Waals surface area contributed by atoms with Crippen molar-refractivity contribution in [1.82, 2.24) is 9.36 Å². The van der Waals surface area contributed by atoms with Gasteiger partial charge >= 0.3 is 0 Å². The number of hydrogen-bond acceptors (Lipinski definition) is 4. The number of halogens is 2. The van der Waals surface area contributed by atoms with Crippen molar-refractivity contribution in [2.75, 3.05) is 7.11 Å². The molecule has 0 saturated carbocycles. The van der Waals surface area contributed by atoms with Crippen molar-refractivity contribution in [3.8, 4) is 16.3 Å². The highest BCUT2D eigenvalue weighted by atomic mass is 127. The van der Waals surface area contributed by atoms with Crippen molar-refractivity contribution in [2.45, 2.75) is 0 Å². The van der Waals surface area contributed by atoms with E-state index in [2.05, 4.69) is 9.36 Å². The lowest BCUT2D eigenvalue weighted by Gasteiger charge is -2.01. The molecule has 0 atom stereocenters. The summed E-state index contributed by atoms with van der Waals surface area (Å²) in [5, 5.41) is 0.583. The quantitative estimate of drug-likeness (QED) is 0.791. The number of hydrogen-bond donors (Lipinski definition) is 0. The largest absolute Gasteiger partial charge is 0.497 e. The molecule has 6 heteroatoms. The van der Waals surface area contributed by atoms with Crippen LogP contribution in [0.15, 0.2) is 18.2 Å². The third kappa shape index (κ3) is 2.25. The van der Waals surface area contributed by atoms with Gasteiger partial charge in [0.05, 0.1) is 7.11 Å². The van der Waals surface area contributed by atoms with Crippen LogP contribution in [0.5, 0.6) is 5.75 Å². The molecule has 2 aromatic rings. The van der Waals surface area contributed by atoms with Crippen LogP contribution < -0.4 is 4.74 Å². The lowest BCUT2D eigenvalue weighted by molar-refractivity contribution is 0.411. The minimum Gasteiger partial charge on any atom is -0.497 e. The number of nitrogens with zero attached hydrogens (tertiary/aromatic N) is 2. The van der Waals surface area contributed by atoms with E-state index >= 15 is 0 Å². The topological polar surface area (TPSA) is 35.0 Å². The second-order valence-electron chi connectivity index (χ2n) is 2.71. The Bertz CT molecular complexity index is 489. The third-order valence-corrected chi connectivity index (χ3v) is 3.37. The number of aromatic nitrogens is 2. The van der Waals surface area contributed by atoms with Crippen LogP contribution >= 0.6 is 34.1 Å². The summed E-state index contributed by atoms with van der Waals surface area (Å²) >= 11 is 3.18. The second-order valence-corrected chi connectivity index (χ2v) is 4.43. The Hall–Kier alpha value is -0.760. The van der Waals surface area contributed by atoms with Crippen LogP contribution in [0, 0.1) is 9.65 Å². The van der Waals surface area contributed by atoms with E-state index in [0.717, 1.165) is 0 Å². The van der Waals surface area contributed by atoms with Gasteiger partial charge in [-0.15, -0.1) is 0 Å². The highest BCUT2D eigenvalue weighted by Crippen LogP contribution is 2.27. The molecule has 0 spiro atoms. The number of benzene rings is 1. The minimum absolute atomic E-state index is 0.345. The summed E-state index contributed by atoms with van der Waals surface area (Å²) in [4.78, 5) is 4.11. The van der Waals surface area contributed by atoms with Gasteiger partial charge in [0.2, 0.25) is 3.83 Å². The first-order chi connectivity index (χ1) is 7.20. The summed E-state index contributed by atoms with van der Waals surface area (Å²) < 4.78 is 23.1. The fraction of sp³-hybridized carbons (Fsp3) is 0.111. The van der Waals surface area contributed by atoms with Gasteiger partial charge < -0.3 is 4.74 Å². The predicted molar refractivity (Wildman–Crippen MR) is 64.6 cm³/mol. The van der Waals surface area contributed by atoms with E-state index in [4.69, 9.17) is 4.74 Å². The summed E-state index contributed by atoms with van der Waals surface area (Å²) in [6.45, 7) is 0. The zero-order chi connectivity index (χ0) is 10.8. The molecule has 0 radical (unpaired) electrons. The Morgan fingerprint density at radius 1 is 1.47 bits per heavy atom. The van der Waals surface area contributed by atoms with Crippen molar-refractivity contribution < 1.29 is 9.13 Å². The van der Waals surface area contributed by atoms with Crippen molar-refractivity contribution in [1.29, 1.82) is 0 Å². The van der Waals surface area contributed by atoms with Gasteiger partial charge in [-0.1, -0.05) is 0 Å². The van der Waals surface area contributed by atoms with Crippen molar-refractivity contribution in [3.63, 3.8) is 0 Å². The fourth-order valence-corrected chi connectivity index (χ4v) is 2.41. The molecule has 0 unspecified atom stereocenters. The molecule has 0 fully saturated rings. The number of rotatable bonds is 2. The monoisotopic (exact) mass is 336 g/mol. The van der Waals surface area contributed by atoms with E-state index in [1.807, 2.05) is 22.6 Å². The maximum atomic E-state index is 13.6. The molecular weight excluding hydrogens is 330 g/mol. The highest BCUT2D eigenvalue weighted by Gasteiger charge is 2.10. The van der Waals surface area contributed by atoms with E-state index in [1.54, 1.807) is 12.1 Å². The summed E-state index contributed by atoms with van der Waals surface area (Å²) in [6.07, 6.45) is 0. The lowest BCUT2D eigenvalue weighted by atomic mass is 10.2. The van der Waals surface area contributed by atoms with Gasteiger partial charge in [-0.05, 0) is 23.7 Å². The maximum absolute atomic E-state index is 13.6. The van der Waals surface area contributed by atoms with Gasteiger partial charge in [0.1, 0.15) is 16.6 Å². The first-order valence-corrected chi connectivity index (χ1v) is 5.89. The molecule has 1 heterocycles. The van der Waals surface area contributed by atoms with Crippen LogP contribution in [0.4, 0.5) is 4.39 Å². The van der Waals surface area contributed by atoms with Gasteiger partial charge in [-0.25, -0.2) is 9.37 Å². The van der Waals surface area contributed by atoms with Crippen molar-refractivity contribution >= 4 is 34.1 Å². The maximum Gasteiger partial charge on any atom is 0.203 e. The van der Waals surface area contributed by atoms with E-state index in [0.29, 0.717) is 20.2 Å². The Kier molecular flexibility index (Phi) is 3.15. The molecule has 0 amide bonds. The van der Waals surface area contributed by atoms with E-state index < -0.39 is 0 Å². The van der Waals surface area contributed by atoms with Crippen molar-refractivity contribution in [2.24, 2.45) is 0 Å². The Morgan fingerprint density at radius 2 is 2.27 bits per heavy atom. The lowest BCUT2D eigenvalue weighted by Crippen LogP contribution is -1.87. The summed E-state index contributed by atoms with van der Waals surface area (Å²) in [5.74, 6) is 0.150. The molecule has 0 aliphatic carbocycles. The predicted octanol–water partition coefficient (Wildman–Crippen LogP) is 2.96. The molecule has 1 aromatic heterocycles. The van der Waals surface area contributed by atoms with Crippen LogP contribution in [0.2, 0.25) is 0 Å². The highest BCUT2D eigenvalue weighted by molar-refractivity contribution is 14.1. The van der Waals surface area contributed by atoms with E-state index in [1.165, 1.54) is 24.7 Å². The molecule has 2 rings (SSSR count). The molecule has 0 saturated heterocycles. The van der Waals surface area contributed by atoms with Gasteiger partial charge in [-0.3, -0.25) is 0 Å². The molecule has 3 nitrogen and oxygen atoms in total. The first-order valence-electron chi connectivity index (χ1n) is 4.04. The normalized spacial score (nSPS) is 10.3. The molecule has 0 N–H and O–H groups in total. The first kappa shape index (κ1) is 10.7. The van der Waals surface area contributed by atoms with Gasteiger partial charge in [0.25, 0.3) is 0 Å². The minimum atomic E-state index is -0.345. The molecule has 0 aliphatic rings. The zero-order valence-corrected chi connectivity index (χ0v) is 10.7. The van der Waals surface area contributed by atoms with Crippen LogP contribution in [0.1, 0.15) is 0 Å². The summed E-state index contributed by atoms with van der Waals surface area (Å²) in [5.41, 5.74) is 0.455. The van der Waals surface area contributed by atoms with Gasteiger partial charge in [-0.2, -0.15) is 4.37 Å². The third-order valence-electron chi connectivity index (χ3n) is 1.81. The Balaban J connectivity index is 2.45. The Labute approximate surface area is 104 Å². The van der Waals surface area contributed by atoms with E-state index in [9.17, 15) is 4.39 Å². The molecule has 15 heavy (non-hydrogen) atoms. The second kappa shape index (κ2) is 4.40. The number of methoxy groups -OCH3 is 1. The Morgan fingerprint density at radius 3 is 2.80 bits per heavy atom. The smallest absolute Gasteiger partial charge is 0.203 e. The van der Waals surface area contributed by atoms with Crippen LogP contribution in [0.3, 0.4) is 0 Å². The number of ether oxygens (including phenoxy) is 1. The van der Waals surface area contributed by atoms with Crippen LogP contribution in [0.25, 0.3) is 10.6 Å². The fourth-order valence-electron chi connectivity index (χ4n) is 1.11. The molecule has 78 valence electrons. The van der Waals surface area contributed by atoms with Crippen LogP contribution in [-0.4, -0.2) is 16.5 Å². The molecule has 1 aromatic carbocycles. The van der Waals surface area contributed by atoms with Crippen LogP contribution in [-0.2, 0) is 0 Å². The summed E-state index contributed by atoms with van der Waals surface area (Å²) in [6, 6.07) is 4.68. The zero-order valence-electron chi connectivity index (χ0n) is 7.70. The van der Waals surface area contributed by atoms with E-state index in [-0.39, 0.29) is 5.82 Å². The molecular formula is C9H6FIN2OS. The standard InChI is InChI=1S/C9H6FIN2OS/c1-14-5-2-3-6(7(10)4-5)8-12-9(11)13-15-8/h2-4H,1H3. The SMILES string of the molecule is COc1ccc(-c2nc(I)ns2)c(F)c1.